The summed E-state index contributed by atoms with van der Waals surface area (Å²) in [4.78, 5) is 26.3. The smallest absolute Gasteiger partial charge is 0.421 e. The van der Waals surface area contributed by atoms with E-state index in [0.717, 1.165) is 18.1 Å². The van der Waals surface area contributed by atoms with Crippen LogP contribution in [0.15, 0.2) is 60.2 Å². The van der Waals surface area contributed by atoms with E-state index in [1.165, 1.54) is 19.1 Å². The number of ether oxygens (including phenoxy) is 1. The minimum atomic E-state index is -4.84. The highest BCUT2D eigenvalue weighted by molar-refractivity contribution is 5.99. The quantitative estimate of drug-likeness (QED) is 0.349. The molecule has 2 aromatic rings. The van der Waals surface area contributed by atoms with Gasteiger partial charge in [0.1, 0.15) is 11.3 Å². The lowest BCUT2D eigenvalue weighted by Gasteiger charge is -2.55. The number of halogens is 3. The highest BCUT2D eigenvalue weighted by atomic mass is 19.4. The maximum atomic E-state index is 13.9. The number of piperidine rings is 1. The van der Waals surface area contributed by atoms with Crippen molar-refractivity contribution in [1.82, 2.24) is 10.2 Å². The molecule has 1 aliphatic carbocycles. The summed E-state index contributed by atoms with van der Waals surface area (Å²) in [7, 11) is 1.74. The van der Waals surface area contributed by atoms with E-state index >= 15 is 0 Å². The topological polar surface area (TPSA) is 78.9 Å². The SMILES string of the molecule is CC(=O)Oc1cccc([C@@]23CCCC(O)C2CN(C)[C@H](NC(=O)C(=Cc2ccccc2)C(F)(F)F)C3)c1. The first kappa shape index (κ1) is 26.9. The molecule has 9 heteroatoms. The van der Waals surface area contributed by atoms with E-state index in [9.17, 15) is 27.9 Å². The molecule has 1 heterocycles. The van der Waals surface area contributed by atoms with Crippen LogP contribution in [0.4, 0.5) is 13.2 Å². The number of carbonyl (C=O) groups is 2. The molecule has 2 unspecified atom stereocenters. The molecule has 1 saturated heterocycles. The fraction of sp³-hybridized carbons (Fsp3) is 0.429. The lowest BCUT2D eigenvalue weighted by atomic mass is 9.57. The second-order valence-electron chi connectivity index (χ2n) is 9.94. The fourth-order valence-corrected chi connectivity index (χ4v) is 5.76. The van der Waals surface area contributed by atoms with E-state index in [1.807, 2.05) is 6.07 Å². The average Bonchev–Trinajstić information content (AvgIpc) is 2.83. The fourth-order valence-electron chi connectivity index (χ4n) is 5.76. The van der Waals surface area contributed by atoms with Crippen molar-refractivity contribution < 1.29 is 32.6 Å². The average molecular weight is 517 g/mol. The van der Waals surface area contributed by atoms with Crippen molar-refractivity contribution >= 4 is 18.0 Å². The number of amides is 1. The van der Waals surface area contributed by atoms with Crippen molar-refractivity contribution in [3.63, 3.8) is 0 Å². The van der Waals surface area contributed by atoms with Crippen molar-refractivity contribution in [1.29, 1.82) is 0 Å². The second-order valence-corrected chi connectivity index (χ2v) is 9.94. The Balaban J connectivity index is 1.66. The molecule has 198 valence electrons. The van der Waals surface area contributed by atoms with Crippen molar-refractivity contribution in [2.45, 2.75) is 56.5 Å². The van der Waals surface area contributed by atoms with Crippen LogP contribution < -0.4 is 10.1 Å². The van der Waals surface area contributed by atoms with Crippen molar-refractivity contribution in [3.05, 3.63) is 71.3 Å². The molecule has 1 amide bonds. The van der Waals surface area contributed by atoms with E-state index in [2.05, 4.69) is 5.32 Å². The van der Waals surface area contributed by atoms with Crippen molar-refractivity contribution in [3.8, 4) is 5.75 Å². The monoisotopic (exact) mass is 516 g/mol. The molecule has 4 rings (SSSR count). The standard InChI is InChI=1S/C28H31F3N2O4/c1-18(34)37-21-11-6-10-20(15-21)27-13-7-12-24(35)23(27)17-33(2)25(16-27)32-26(36)22(28(29,30)31)14-19-8-4-3-5-9-19/h3-6,8-11,14-15,23-25,35H,7,12-13,16-17H2,1-2H3,(H,32,36)/t23?,24?,25-,27-/m0/s1. The summed E-state index contributed by atoms with van der Waals surface area (Å²) in [6, 6.07) is 15.0. The third-order valence-electron chi connectivity index (χ3n) is 7.50. The third-order valence-corrected chi connectivity index (χ3v) is 7.50. The molecule has 1 saturated carbocycles. The lowest BCUT2D eigenvalue weighted by Crippen LogP contribution is -2.63. The summed E-state index contributed by atoms with van der Waals surface area (Å²) in [5, 5.41) is 13.5. The molecular formula is C28H31F3N2O4. The Hall–Kier alpha value is -3.17. The van der Waals surface area contributed by atoms with E-state index in [4.69, 9.17) is 4.74 Å². The maximum Gasteiger partial charge on any atom is 0.421 e. The summed E-state index contributed by atoms with van der Waals surface area (Å²) in [6.07, 6.45) is -2.96. The summed E-state index contributed by atoms with van der Waals surface area (Å²) in [5.74, 6) is -1.50. The molecular weight excluding hydrogens is 485 g/mol. The van der Waals surface area contributed by atoms with E-state index in [1.54, 1.807) is 48.3 Å². The van der Waals surface area contributed by atoms with Crippen molar-refractivity contribution in [2.75, 3.05) is 13.6 Å². The number of fused-ring (bicyclic) bond motifs is 1. The van der Waals surface area contributed by atoms with Gasteiger partial charge in [0.2, 0.25) is 0 Å². The van der Waals surface area contributed by atoms with Gasteiger partial charge in [0.25, 0.3) is 5.91 Å². The number of aliphatic hydroxyl groups excluding tert-OH is 1. The van der Waals surface area contributed by atoms with Crippen LogP contribution in [0.2, 0.25) is 0 Å². The van der Waals surface area contributed by atoms with Crippen LogP contribution in [0.5, 0.6) is 5.75 Å². The van der Waals surface area contributed by atoms with Gasteiger partial charge >= 0.3 is 12.1 Å². The molecule has 2 fully saturated rings. The lowest BCUT2D eigenvalue weighted by molar-refractivity contribution is -0.134. The minimum absolute atomic E-state index is 0.200. The van der Waals surface area contributed by atoms with Crippen molar-refractivity contribution in [2.24, 2.45) is 5.92 Å². The number of nitrogens with one attached hydrogen (secondary N) is 1. The number of nitrogens with zero attached hydrogens (tertiary/aromatic N) is 1. The molecule has 2 aliphatic rings. The van der Waals surface area contributed by atoms with Crippen LogP contribution >= 0.6 is 0 Å². The molecule has 0 spiro atoms. The zero-order valence-corrected chi connectivity index (χ0v) is 20.8. The van der Waals surface area contributed by atoms with E-state index in [-0.39, 0.29) is 11.5 Å². The normalized spacial score (nSPS) is 26.8. The van der Waals surface area contributed by atoms with Gasteiger partial charge in [-0.25, -0.2) is 0 Å². The van der Waals surface area contributed by atoms with Gasteiger partial charge < -0.3 is 15.2 Å². The van der Waals surface area contributed by atoms with Gasteiger partial charge in [-0.15, -0.1) is 0 Å². The minimum Gasteiger partial charge on any atom is -0.427 e. The zero-order valence-electron chi connectivity index (χ0n) is 20.8. The number of benzene rings is 2. The highest BCUT2D eigenvalue weighted by Gasteiger charge is 2.52. The summed E-state index contributed by atoms with van der Waals surface area (Å²) in [5.41, 5.74) is -0.780. The Morgan fingerprint density at radius 1 is 1.16 bits per heavy atom. The summed E-state index contributed by atoms with van der Waals surface area (Å²) >= 11 is 0. The van der Waals surface area contributed by atoms with Crippen LogP contribution in [0.25, 0.3) is 6.08 Å². The number of esters is 1. The Morgan fingerprint density at radius 3 is 2.57 bits per heavy atom. The predicted molar refractivity (Wildman–Crippen MR) is 132 cm³/mol. The third kappa shape index (κ3) is 5.88. The molecule has 4 atom stereocenters. The number of carbonyl (C=O) groups excluding carboxylic acids is 2. The number of rotatable bonds is 5. The Bertz CT molecular complexity index is 1170. The Labute approximate surface area is 214 Å². The van der Waals surface area contributed by atoms with Crippen LogP contribution in [0.3, 0.4) is 0 Å². The maximum absolute atomic E-state index is 13.9. The number of likely N-dealkylation sites (tertiary alicyclic amines) is 1. The summed E-state index contributed by atoms with van der Waals surface area (Å²) < 4.78 is 47.0. The van der Waals surface area contributed by atoms with Crippen LogP contribution in [0, 0.1) is 5.92 Å². The second kappa shape index (κ2) is 10.7. The largest absolute Gasteiger partial charge is 0.427 e. The molecule has 0 radical (unpaired) electrons. The molecule has 37 heavy (non-hydrogen) atoms. The highest BCUT2D eigenvalue weighted by Crippen LogP contribution is 2.50. The first-order valence-corrected chi connectivity index (χ1v) is 12.3. The molecule has 0 aromatic heterocycles. The van der Waals surface area contributed by atoms with Crippen LogP contribution in [-0.4, -0.2) is 53.9 Å². The van der Waals surface area contributed by atoms with Gasteiger partial charge in [0.15, 0.2) is 0 Å². The Morgan fingerprint density at radius 2 is 1.89 bits per heavy atom. The van der Waals surface area contributed by atoms with Gasteiger partial charge in [-0.05, 0) is 62.1 Å². The number of hydrogen-bond acceptors (Lipinski definition) is 5. The number of aliphatic hydroxyl groups is 1. The van der Waals surface area contributed by atoms with Gasteiger partial charge in [0.05, 0.1) is 12.3 Å². The van der Waals surface area contributed by atoms with Gasteiger partial charge in [0, 0.05) is 24.8 Å². The van der Waals surface area contributed by atoms with Crippen LogP contribution in [-0.2, 0) is 15.0 Å². The van der Waals surface area contributed by atoms with Gasteiger partial charge in [-0.3, -0.25) is 14.5 Å². The molecule has 0 bridgehead atoms. The number of hydrogen-bond donors (Lipinski definition) is 2. The number of alkyl halides is 3. The molecule has 2 N–H and O–H groups in total. The first-order chi connectivity index (χ1) is 17.5. The Kier molecular flexibility index (Phi) is 7.75. The van der Waals surface area contributed by atoms with Gasteiger partial charge in [-0.2, -0.15) is 13.2 Å². The molecule has 1 aliphatic heterocycles. The summed E-state index contributed by atoms with van der Waals surface area (Å²) in [6.45, 7) is 1.69. The molecule has 6 nitrogen and oxygen atoms in total. The molecule has 2 aromatic carbocycles. The van der Waals surface area contributed by atoms with Gasteiger partial charge in [-0.1, -0.05) is 42.5 Å². The van der Waals surface area contributed by atoms with E-state index < -0.39 is 41.3 Å². The zero-order chi connectivity index (χ0) is 26.8. The van der Waals surface area contributed by atoms with Crippen LogP contribution in [0.1, 0.15) is 43.7 Å². The predicted octanol–water partition coefficient (Wildman–Crippen LogP) is 4.43. The first-order valence-electron chi connectivity index (χ1n) is 12.3. The van der Waals surface area contributed by atoms with E-state index in [0.29, 0.717) is 31.6 Å².